The van der Waals surface area contributed by atoms with Crippen LogP contribution in [0.3, 0.4) is 0 Å². The van der Waals surface area contributed by atoms with Crippen molar-refractivity contribution in [2.45, 2.75) is 39.2 Å². The standard InChI is InChI=1S/C12H23N3O2/c1-9(8-13)7-12(17)14-11-3-5-15(6-4-11)10(2)16/h9,11H,3-8,13H2,1-2H3,(H,14,17). The first-order valence-corrected chi connectivity index (χ1v) is 6.28. The van der Waals surface area contributed by atoms with Gasteiger partial charge in [0, 0.05) is 32.5 Å². The van der Waals surface area contributed by atoms with Crippen LogP contribution in [-0.4, -0.2) is 42.4 Å². The third-order valence-electron chi connectivity index (χ3n) is 3.24. The molecule has 0 aliphatic carbocycles. The minimum absolute atomic E-state index is 0.0734. The summed E-state index contributed by atoms with van der Waals surface area (Å²) in [6, 6.07) is 0.211. The van der Waals surface area contributed by atoms with Crippen molar-refractivity contribution in [3.8, 4) is 0 Å². The molecular formula is C12H23N3O2. The number of hydrogen-bond acceptors (Lipinski definition) is 3. The van der Waals surface area contributed by atoms with Crippen LogP contribution < -0.4 is 11.1 Å². The predicted molar refractivity (Wildman–Crippen MR) is 66.3 cm³/mol. The van der Waals surface area contributed by atoms with Crippen LogP contribution in [0.2, 0.25) is 0 Å². The molecule has 1 saturated heterocycles. The lowest BCUT2D eigenvalue weighted by atomic mass is 10.0. The van der Waals surface area contributed by atoms with Crippen LogP contribution >= 0.6 is 0 Å². The monoisotopic (exact) mass is 241 g/mol. The Kier molecular flexibility index (Phi) is 5.41. The van der Waals surface area contributed by atoms with Gasteiger partial charge in [0.05, 0.1) is 0 Å². The van der Waals surface area contributed by atoms with Crippen LogP contribution in [0, 0.1) is 5.92 Å². The molecule has 1 aliphatic heterocycles. The molecule has 0 spiro atoms. The molecule has 5 nitrogen and oxygen atoms in total. The van der Waals surface area contributed by atoms with E-state index in [1.54, 1.807) is 6.92 Å². The van der Waals surface area contributed by atoms with Gasteiger partial charge in [-0.25, -0.2) is 0 Å². The molecule has 3 N–H and O–H groups in total. The van der Waals surface area contributed by atoms with Gasteiger partial charge >= 0.3 is 0 Å². The maximum absolute atomic E-state index is 11.6. The summed E-state index contributed by atoms with van der Waals surface area (Å²) in [6.07, 6.45) is 2.19. The Bertz CT molecular complexity index is 273. The molecular weight excluding hydrogens is 218 g/mol. The van der Waals surface area contributed by atoms with Gasteiger partial charge in [-0.2, -0.15) is 0 Å². The number of nitrogens with two attached hydrogens (primary N) is 1. The van der Waals surface area contributed by atoms with Crippen molar-refractivity contribution >= 4 is 11.8 Å². The molecule has 17 heavy (non-hydrogen) atoms. The Morgan fingerprint density at radius 2 is 2.00 bits per heavy atom. The molecule has 1 aliphatic rings. The second kappa shape index (κ2) is 6.59. The maximum Gasteiger partial charge on any atom is 0.220 e. The van der Waals surface area contributed by atoms with Gasteiger partial charge < -0.3 is 16.0 Å². The van der Waals surface area contributed by atoms with E-state index in [-0.39, 0.29) is 23.8 Å². The number of amides is 2. The molecule has 0 saturated carbocycles. The quantitative estimate of drug-likeness (QED) is 0.733. The van der Waals surface area contributed by atoms with E-state index in [2.05, 4.69) is 5.32 Å². The number of carbonyl (C=O) groups is 2. The van der Waals surface area contributed by atoms with Gasteiger partial charge in [0.2, 0.25) is 11.8 Å². The van der Waals surface area contributed by atoms with E-state index < -0.39 is 0 Å². The van der Waals surface area contributed by atoms with E-state index in [0.29, 0.717) is 13.0 Å². The summed E-state index contributed by atoms with van der Waals surface area (Å²) in [5.41, 5.74) is 5.48. The zero-order chi connectivity index (χ0) is 12.8. The topological polar surface area (TPSA) is 75.4 Å². The van der Waals surface area contributed by atoms with Crippen molar-refractivity contribution in [3.63, 3.8) is 0 Å². The zero-order valence-corrected chi connectivity index (χ0v) is 10.7. The largest absolute Gasteiger partial charge is 0.353 e. The summed E-state index contributed by atoms with van der Waals surface area (Å²) in [4.78, 5) is 24.6. The average Bonchev–Trinajstić information content (AvgIpc) is 2.29. The van der Waals surface area contributed by atoms with Gasteiger partial charge in [-0.05, 0) is 25.3 Å². The maximum atomic E-state index is 11.6. The molecule has 0 radical (unpaired) electrons. The van der Waals surface area contributed by atoms with Crippen LogP contribution in [0.1, 0.15) is 33.1 Å². The fourth-order valence-electron chi connectivity index (χ4n) is 2.03. The molecule has 2 amide bonds. The molecule has 1 atom stereocenters. The normalized spacial score (nSPS) is 18.9. The minimum atomic E-state index is 0.0734. The van der Waals surface area contributed by atoms with E-state index in [4.69, 9.17) is 5.73 Å². The van der Waals surface area contributed by atoms with E-state index in [9.17, 15) is 9.59 Å². The van der Waals surface area contributed by atoms with E-state index in [1.807, 2.05) is 11.8 Å². The second-order valence-electron chi connectivity index (χ2n) is 4.89. The summed E-state index contributed by atoms with van der Waals surface area (Å²) >= 11 is 0. The predicted octanol–water partition coefficient (Wildman–Crippen LogP) is 0.0984. The number of piperidine rings is 1. The fourth-order valence-corrected chi connectivity index (χ4v) is 2.03. The lowest BCUT2D eigenvalue weighted by Gasteiger charge is -2.31. The third-order valence-corrected chi connectivity index (χ3v) is 3.24. The van der Waals surface area contributed by atoms with Crippen molar-refractivity contribution in [1.82, 2.24) is 10.2 Å². The first-order chi connectivity index (χ1) is 8.02. The molecule has 0 aromatic carbocycles. The molecule has 1 unspecified atom stereocenters. The highest BCUT2D eigenvalue weighted by atomic mass is 16.2. The highest BCUT2D eigenvalue weighted by Crippen LogP contribution is 2.11. The molecule has 5 heteroatoms. The highest BCUT2D eigenvalue weighted by Gasteiger charge is 2.22. The molecule has 0 aromatic heterocycles. The fraction of sp³-hybridized carbons (Fsp3) is 0.833. The molecule has 1 rings (SSSR count). The van der Waals surface area contributed by atoms with Crippen molar-refractivity contribution in [2.75, 3.05) is 19.6 Å². The number of rotatable bonds is 4. The Labute approximate surface area is 103 Å². The number of hydrogen-bond donors (Lipinski definition) is 2. The summed E-state index contributed by atoms with van der Waals surface area (Å²) in [5, 5.41) is 3.01. The van der Waals surface area contributed by atoms with Crippen LogP contribution in [0.4, 0.5) is 0 Å². The highest BCUT2D eigenvalue weighted by molar-refractivity contribution is 5.76. The van der Waals surface area contributed by atoms with Crippen LogP contribution in [0.15, 0.2) is 0 Å². The summed E-state index contributed by atoms with van der Waals surface area (Å²) in [6.45, 7) is 5.58. The molecule has 0 bridgehead atoms. The van der Waals surface area contributed by atoms with Crippen LogP contribution in [0.5, 0.6) is 0 Å². The van der Waals surface area contributed by atoms with Crippen molar-refractivity contribution in [3.05, 3.63) is 0 Å². The number of carbonyl (C=O) groups excluding carboxylic acids is 2. The smallest absolute Gasteiger partial charge is 0.220 e. The van der Waals surface area contributed by atoms with Gasteiger partial charge in [0.15, 0.2) is 0 Å². The molecule has 1 heterocycles. The number of likely N-dealkylation sites (tertiary alicyclic amines) is 1. The number of nitrogens with zero attached hydrogens (tertiary/aromatic N) is 1. The van der Waals surface area contributed by atoms with E-state index in [0.717, 1.165) is 25.9 Å². The third kappa shape index (κ3) is 4.73. The van der Waals surface area contributed by atoms with Gasteiger partial charge in [-0.1, -0.05) is 6.92 Å². The van der Waals surface area contributed by atoms with Crippen LogP contribution in [-0.2, 0) is 9.59 Å². The first kappa shape index (κ1) is 14.0. The van der Waals surface area contributed by atoms with Crippen molar-refractivity contribution < 1.29 is 9.59 Å². The second-order valence-corrected chi connectivity index (χ2v) is 4.89. The zero-order valence-electron chi connectivity index (χ0n) is 10.7. The Balaban J connectivity index is 2.26. The number of nitrogens with one attached hydrogen (secondary N) is 1. The molecule has 0 aromatic rings. The van der Waals surface area contributed by atoms with E-state index in [1.165, 1.54) is 0 Å². The van der Waals surface area contributed by atoms with Gasteiger partial charge in [-0.15, -0.1) is 0 Å². The minimum Gasteiger partial charge on any atom is -0.353 e. The Morgan fingerprint density at radius 3 is 2.47 bits per heavy atom. The first-order valence-electron chi connectivity index (χ1n) is 6.28. The molecule has 98 valence electrons. The summed E-state index contributed by atoms with van der Waals surface area (Å²) in [7, 11) is 0. The lowest BCUT2D eigenvalue weighted by molar-refractivity contribution is -0.130. The SMILES string of the molecule is CC(=O)N1CCC(NC(=O)CC(C)CN)CC1. The van der Waals surface area contributed by atoms with E-state index >= 15 is 0 Å². The van der Waals surface area contributed by atoms with Crippen molar-refractivity contribution in [2.24, 2.45) is 11.7 Å². The van der Waals surface area contributed by atoms with Crippen LogP contribution in [0.25, 0.3) is 0 Å². The van der Waals surface area contributed by atoms with Gasteiger partial charge in [-0.3, -0.25) is 9.59 Å². The Morgan fingerprint density at radius 1 is 1.41 bits per heavy atom. The van der Waals surface area contributed by atoms with Gasteiger partial charge in [0.25, 0.3) is 0 Å². The Hall–Kier alpha value is -1.10. The summed E-state index contributed by atoms with van der Waals surface area (Å²) < 4.78 is 0. The van der Waals surface area contributed by atoms with Crippen molar-refractivity contribution in [1.29, 1.82) is 0 Å². The lowest BCUT2D eigenvalue weighted by Crippen LogP contribution is -2.46. The molecule has 1 fully saturated rings. The van der Waals surface area contributed by atoms with Gasteiger partial charge in [0.1, 0.15) is 0 Å². The average molecular weight is 241 g/mol. The summed E-state index contributed by atoms with van der Waals surface area (Å²) in [5.74, 6) is 0.420.